The lowest BCUT2D eigenvalue weighted by Gasteiger charge is -2.21. The highest BCUT2D eigenvalue weighted by Gasteiger charge is 2.25. The minimum atomic E-state index is 0.543. The van der Waals surface area contributed by atoms with Crippen LogP contribution in [0, 0.1) is 5.92 Å². The molecule has 1 atom stereocenters. The minimum absolute atomic E-state index is 0.543. The molecular weight excluding hydrogens is 376 g/mol. The number of hydrogen-bond acceptors (Lipinski definition) is 4. The van der Waals surface area contributed by atoms with Crippen LogP contribution in [0.3, 0.4) is 0 Å². The highest BCUT2D eigenvalue weighted by atomic mass is 16.5. The van der Waals surface area contributed by atoms with Crippen LogP contribution in [0.15, 0.2) is 35.3 Å². The Kier molecular flexibility index (Phi) is 7.34. The third-order valence-corrected chi connectivity index (χ3v) is 5.94. The van der Waals surface area contributed by atoms with Gasteiger partial charge in [-0.2, -0.15) is 0 Å². The zero-order chi connectivity index (χ0) is 20.6. The number of ether oxygens (including phenoxy) is 1. The molecule has 3 heterocycles. The van der Waals surface area contributed by atoms with E-state index in [4.69, 9.17) is 9.73 Å². The zero-order valence-electron chi connectivity index (χ0n) is 18.1. The molecule has 0 aliphatic carbocycles. The molecule has 2 aromatic rings. The summed E-state index contributed by atoms with van der Waals surface area (Å²) in [4.78, 5) is 7.27. The Morgan fingerprint density at radius 1 is 1.17 bits per heavy atom. The van der Waals surface area contributed by atoms with Crippen molar-refractivity contribution in [2.75, 3.05) is 26.2 Å². The highest BCUT2D eigenvalue weighted by molar-refractivity contribution is 5.80. The molecule has 4 rings (SSSR count). The second-order valence-electron chi connectivity index (χ2n) is 8.27. The van der Waals surface area contributed by atoms with Crippen LogP contribution in [-0.4, -0.2) is 51.9 Å². The molecule has 0 amide bonds. The molecule has 0 saturated carbocycles. The second kappa shape index (κ2) is 10.6. The van der Waals surface area contributed by atoms with Gasteiger partial charge in [-0.3, -0.25) is 0 Å². The molecule has 1 unspecified atom stereocenters. The SMILES string of the molecule is CCNC(=NCc1nnc2n1CCCCC2)N1CCC(COCc2ccccc2)C1. The quantitative estimate of drug-likeness (QED) is 0.561. The van der Waals surface area contributed by atoms with Crippen LogP contribution in [-0.2, 0) is 30.9 Å². The summed E-state index contributed by atoms with van der Waals surface area (Å²) in [6.45, 7) is 8.07. The van der Waals surface area contributed by atoms with E-state index in [2.05, 4.69) is 56.2 Å². The van der Waals surface area contributed by atoms with Gasteiger partial charge >= 0.3 is 0 Å². The van der Waals surface area contributed by atoms with Crippen LogP contribution in [0.5, 0.6) is 0 Å². The molecule has 1 N–H and O–H groups in total. The lowest BCUT2D eigenvalue weighted by molar-refractivity contribution is 0.0906. The Morgan fingerprint density at radius 3 is 2.93 bits per heavy atom. The molecule has 0 spiro atoms. The van der Waals surface area contributed by atoms with Crippen molar-refractivity contribution in [2.24, 2.45) is 10.9 Å². The van der Waals surface area contributed by atoms with Gasteiger partial charge in [0, 0.05) is 38.5 Å². The maximum Gasteiger partial charge on any atom is 0.194 e. The van der Waals surface area contributed by atoms with Crippen molar-refractivity contribution in [1.82, 2.24) is 25.0 Å². The van der Waals surface area contributed by atoms with E-state index in [0.717, 1.165) is 63.2 Å². The molecule has 7 nitrogen and oxygen atoms in total. The van der Waals surface area contributed by atoms with Gasteiger partial charge in [0.05, 0.1) is 13.2 Å². The topological polar surface area (TPSA) is 67.6 Å². The van der Waals surface area contributed by atoms with E-state index in [1.54, 1.807) is 0 Å². The number of nitrogens with one attached hydrogen (secondary N) is 1. The van der Waals surface area contributed by atoms with E-state index in [1.807, 2.05) is 6.07 Å². The summed E-state index contributed by atoms with van der Waals surface area (Å²) in [6, 6.07) is 10.4. The molecule has 2 aliphatic heterocycles. The lowest BCUT2D eigenvalue weighted by atomic mass is 10.1. The van der Waals surface area contributed by atoms with Crippen molar-refractivity contribution in [2.45, 2.75) is 58.7 Å². The van der Waals surface area contributed by atoms with E-state index < -0.39 is 0 Å². The molecule has 2 aliphatic rings. The molecule has 1 aromatic heterocycles. The van der Waals surface area contributed by atoms with Gasteiger partial charge in [0.2, 0.25) is 0 Å². The number of benzene rings is 1. The molecule has 1 aromatic carbocycles. The summed E-state index contributed by atoms with van der Waals surface area (Å²) in [5, 5.41) is 12.3. The van der Waals surface area contributed by atoms with Crippen LogP contribution in [0.4, 0.5) is 0 Å². The predicted octanol–water partition coefficient (Wildman–Crippen LogP) is 3.01. The van der Waals surface area contributed by atoms with Crippen molar-refractivity contribution in [3.8, 4) is 0 Å². The van der Waals surface area contributed by atoms with Crippen LogP contribution in [0.2, 0.25) is 0 Å². The molecule has 0 bridgehead atoms. The number of guanidine groups is 1. The summed E-state index contributed by atoms with van der Waals surface area (Å²) in [5.41, 5.74) is 1.23. The number of rotatable bonds is 7. The van der Waals surface area contributed by atoms with Gasteiger partial charge in [0.15, 0.2) is 11.8 Å². The fourth-order valence-corrected chi connectivity index (χ4v) is 4.31. The van der Waals surface area contributed by atoms with Gasteiger partial charge in [0.25, 0.3) is 0 Å². The van der Waals surface area contributed by atoms with Crippen molar-refractivity contribution in [3.05, 3.63) is 47.5 Å². The molecule has 30 heavy (non-hydrogen) atoms. The first kappa shape index (κ1) is 20.8. The predicted molar refractivity (Wildman–Crippen MR) is 118 cm³/mol. The summed E-state index contributed by atoms with van der Waals surface area (Å²) in [5.74, 6) is 3.64. The first-order valence-corrected chi connectivity index (χ1v) is 11.4. The van der Waals surface area contributed by atoms with Gasteiger partial charge in [-0.15, -0.1) is 10.2 Å². The molecule has 1 fully saturated rings. The lowest BCUT2D eigenvalue weighted by Crippen LogP contribution is -2.40. The standard InChI is InChI=1S/C23H34N6O/c1-2-24-23(25-15-22-27-26-21-11-7-4-8-13-29(21)22)28-14-12-20(16-28)18-30-17-19-9-5-3-6-10-19/h3,5-6,9-10,20H,2,4,7-8,11-18H2,1H3,(H,24,25). The van der Waals surface area contributed by atoms with Gasteiger partial charge in [-0.05, 0) is 31.7 Å². The van der Waals surface area contributed by atoms with Crippen molar-refractivity contribution >= 4 is 5.96 Å². The number of nitrogens with zero attached hydrogens (tertiary/aromatic N) is 5. The fourth-order valence-electron chi connectivity index (χ4n) is 4.31. The van der Waals surface area contributed by atoms with E-state index in [-0.39, 0.29) is 0 Å². The smallest absolute Gasteiger partial charge is 0.194 e. The average molecular weight is 411 g/mol. The van der Waals surface area contributed by atoms with Crippen LogP contribution in [0.1, 0.15) is 49.8 Å². The molecule has 162 valence electrons. The monoisotopic (exact) mass is 410 g/mol. The number of aryl methyl sites for hydroxylation is 1. The zero-order valence-corrected chi connectivity index (χ0v) is 18.1. The molecular formula is C23H34N6O. The third kappa shape index (κ3) is 5.39. The summed E-state index contributed by atoms with van der Waals surface area (Å²) < 4.78 is 8.26. The summed E-state index contributed by atoms with van der Waals surface area (Å²) in [6.07, 6.45) is 5.87. The Hall–Kier alpha value is -2.41. The van der Waals surface area contributed by atoms with Crippen molar-refractivity contribution in [1.29, 1.82) is 0 Å². The number of likely N-dealkylation sites (tertiary alicyclic amines) is 1. The summed E-state index contributed by atoms with van der Waals surface area (Å²) >= 11 is 0. The summed E-state index contributed by atoms with van der Waals surface area (Å²) in [7, 11) is 0. The van der Waals surface area contributed by atoms with Gasteiger partial charge in [-0.1, -0.05) is 36.8 Å². The molecule has 1 saturated heterocycles. The number of aromatic nitrogens is 3. The Bertz CT molecular complexity index is 818. The van der Waals surface area contributed by atoms with Gasteiger partial charge in [-0.25, -0.2) is 4.99 Å². The van der Waals surface area contributed by atoms with Gasteiger partial charge in [0.1, 0.15) is 12.4 Å². The number of fused-ring (bicyclic) bond motifs is 1. The minimum Gasteiger partial charge on any atom is -0.376 e. The maximum absolute atomic E-state index is 5.98. The number of hydrogen-bond donors (Lipinski definition) is 1. The first-order valence-electron chi connectivity index (χ1n) is 11.4. The van der Waals surface area contributed by atoms with Gasteiger partial charge < -0.3 is 19.5 Å². The van der Waals surface area contributed by atoms with Crippen LogP contribution < -0.4 is 5.32 Å². The largest absolute Gasteiger partial charge is 0.376 e. The van der Waals surface area contributed by atoms with Crippen molar-refractivity contribution < 1.29 is 4.74 Å². The van der Waals surface area contributed by atoms with E-state index in [9.17, 15) is 0 Å². The van der Waals surface area contributed by atoms with E-state index in [1.165, 1.54) is 24.8 Å². The first-order chi connectivity index (χ1) is 14.8. The van der Waals surface area contributed by atoms with E-state index >= 15 is 0 Å². The third-order valence-electron chi connectivity index (χ3n) is 5.94. The second-order valence-corrected chi connectivity index (χ2v) is 8.27. The van der Waals surface area contributed by atoms with E-state index in [0.29, 0.717) is 19.1 Å². The maximum atomic E-state index is 5.98. The molecule has 0 radical (unpaired) electrons. The Balaban J connectivity index is 1.31. The van der Waals surface area contributed by atoms with Crippen molar-refractivity contribution in [3.63, 3.8) is 0 Å². The number of aliphatic imine (C=N–C) groups is 1. The molecule has 7 heteroatoms. The van der Waals surface area contributed by atoms with Crippen LogP contribution >= 0.6 is 0 Å². The normalized spacial score (nSPS) is 19.6. The fraction of sp³-hybridized carbons (Fsp3) is 0.609. The Labute approximate surface area is 179 Å². The van der Waals surface area contributed by atoms with Crippen LogP contribution in [0.25, 0.3) is 0 Å². The Morgan fingerprint density at radius 2 is 2.07 bits per heavy atom. The average Bonchev–Trinajstić information content (AvgIpc) is 3.32. The highest BCUT2D eigenvalue weighted by Crippen LogP contribution is 2.18.